The third-order valence-corrected chi connectivity index (χ3v) is 5.92. The lowest BCUT2D eigenvalue weighted by Gasteiger charge is -2.22. The molecule has 0 saturated heterocycles. The standard InChI is InChI=1S/C25H26N4OS/c1-27(20-21-10-4-2-5-11-21)16-9-17-28(25(30)23-14-8-19-31-23)24-15-18-29(26-24)22-12-6-3-7-13-22/h2-8,10-15,18-19H,9,16-17,20H2,1H3. The van der Waals surface area contributed by atoms with E-state index >= 15 is 0 Å². The van der Waals surface area contributed by atoms with Crippen molar-refractivity contribution in [2.75, 3.05) is 25.0 Å². The van der Waals surface area contributed by atoms with Crippen LogP contribution in [0.15, 0.2) is 90.4 Å². The van der Waals surface area contributed by atoms with Gasteiger partial charge in [0.05, 0.1) is 10.6 Å². The number of benzene rings is 2. The van der Waals surface area contributed by atoms with Crippen LogP contribution in [0.4, 0.5) is 5.82 Å². The SMILES string of the molecule is CN(CCCN(C(=O)c1cccs1)c1ccn(-c2ccccc2)n1)Cc1ccccc1. The summed E-state index contributed by atoms with van der Waals surface area (Å²) in [6, 6.07) is 26.1. The van der Waals surface area contributed by atoms with E-state index in [1.165, 1.54) is 16.9 Å². The number of nitrogens with zero attached hydrogens (tertiary/aromatic N) is 4. The minimum Gasteiger partial charge on any atom is -0.302 e. The molecule has 0 aliphatic rings. The first-order valence-corrected chi connectivity index (χ1v) is 11.3. The van der Waals surface area contributed by atoms with Crippen LogP contribution in [0.3, 0.4) is 0 Å². The lowest BCUT2D eigenvalue weighted by molar-refractivity contribution is 0.0988. The van der Waals surface area contributed by atoms with Crippen LogP contribution in [-0.4, -0.2) is 40.7 Å². The molecule has 0 N–H and O–H groups in total. The fourth-order valence-electron chi connectivity index (χ4n) is 3.51. The molecule has 2 aromatic heterocycles. The van der Waals surface area contributed by atoms with Gasteiger partial charge in [-0.05, 0) is 49.2 Å². The largest absolute Gasteiger partial charge is 0.302 e. The summed E-state index contributed by atoms with van der Waals surface area (Å²) in [6.07, 6.45) is 2.76. The molecule has 0 unspecified atom stereocenters. The molecule has 0 bridgehead atoms. The van der Waals surface area contributed by atoms with E-state index in [-0.39, 0.29) is 5.91 Å². The van der Waals surface area contributed by atoms with Crippen molar-refractivity contribution in [3.05, 3.63) is 101 Å². The highest BCUT2D eigenvalue weighted by Gasteiger charge is 2.21. The van der Waals surface area contributed by atoms with Crippen LogP contribution in [0.2, 0.25) is 0 Å². The van der Waals surface area contributed by atoms with Gasteiger partial charge in [-0.25, -0.2) is 4.68 Å². The molecule has 0 atom stereocenters. The average Bonchev–Trinajstić information content (AvgIpc) is 3.50. The molecule has 0 saturated carbocycles. The van der Waals surface area contributed by atoms with Gasteiger partial charge in [0.2, 0.25) is 0 Å². The van der Waals surface area contributed by atoms with Crippen molar-refractivity contribution in [1.82, 2.24) is 14.7 Å². The number of anilines is 1. The van der Waals surface area contributed by atoms with Crippen molar-refractivity contribution in [3.8, 4) is 5.69 Å². The van der Waals surface area contributed by atoms with Gasteiger partial charge in [0.25, 0.3) is 5.91 Å². The normalized spacial score (nSPS) is 11.0. The summed E-state index contributed by atoms with van der Waals surface area (Å²) in [7, 11) is 2.11. The van der Waals surface area contributed by atoms with Crippen LogP contribution in [0.5, 0.6) is 0 Å². The van der Waals surface area contributed by atoms with Crippen LogP contribution < -0.4 is 4.90 Å². The molecule has 0 aliphatic heterocycles. The molecular weight excluding hydrogens is 404 g/mol. The van der Waals surface area contributed by atoms with Crippen molar-refractivity contribution < 1.29 is 4.79 Å². The summed E-state index contributed by atoms with van der Waals surface area (Å²) in [5, 5.41) is 6.62. The molecule has 4 aromatic rings. The fourth-order valence-corrected chi connectivity index (χ4v) is 4.18. The first-order chi connectivity index (χ1) is 15.2. The van der Waals surface area contributed by atoms with Crippen LogP contribution in [-0.2, 0) is 6.54 Å². The summed E-state index contributed by atoms with van der Waals surface area (Å²) in [5.74, 6) is 0.673. The molecular formula is C25H26N4OS. The van der Waals surface area contributed by atoms with Gasteiger partial charge in [-0.1, -0.05) is 54.6 Å². The Morgan fingerprint density at radius 2 is 1.68 bits per heavy atom. The zero-order chi connectivity index (χ0) is 21.5. The molecule has 0 spiro atoms. The number of carbonyl (C=O) groups is 1. The van der Waals surface area contributed by atoms with Gasteiger partial charge in [0, 0.05) is 25.4 Å². The van der Waals surface area contributed by atoms with E-state index in [1.807, 2.05) is 70.9 Å². The molecule has 2 aromatic carbocycles. The molecule has 0 aliphatic carbocycles. The second kappa shape index (κ2) is 10.2. The van der Waals surface area contributed by atoms with Crippen LogP contribution in [0.25, 0.3) is 5.69 Å². The van der Waals surface area contributed by atoms with Crippen molar-refractivity contribution >= 4 is 23.1 Å². The second-order valence-corrected chi connectivity index (χ2v) is 8.41. The van der Waals surface area contributed by atoms with E-state index < -0.39 is 0 Å². The number of aromatic nitrogens is 2. The third kappa shape index (κ3) is 5.48. The number of hydrogen-bond acceptors (Lipinski definition) is 4. The van der Waals surface area contributed by atoms with Gasteiger partial charge >= 0.3 is 0 Å². The van der Waals surface area contributed by atoms with Gasteiger partial charge in [-0.15, -0.1) is 16.4 Å². The Bertz CT molecular complexity index is 1080. The predicted octanol–water partition coefficient (Wildman–Crippen LogP) is 5.10. The maximum absolute atomic E-state index is 13.2. The predicted molar refractivity (Wildman–Crippen MR) is 127 cm³/mol. The smallest absolute Gasteiger partial charge is 0.269 e. The van der Waals surface area contributed by atoms with Crippen molar-refractivity contribution in [1.29, 1.82) is 0 Å². The van der Waals surface area contributed by atoms with E-state index in [0.29, 0.717) is 12.4 Å². The van der Waals surface area contributed by atoms with E-state index in [1.54, 1.807) is 4.90 Å². The molecule has 1 amide bonds. The molecule has 158 valence electrons. The van der Waals surface area contributed by atoms with Crippen LogP contribution in [0, 0.1) is 0 Å². The summed E-state index contributed by atoms with van der Waals surface area (Å²) in [4.78, 5) is 18.0. The summed E-state index contributed by atoms with van der Waals surface area (Å²) in [6.45, 7) is 2.40. The average molecular weight is 431 g/mol. The Balaban J connectivity index is 1.45. The zero-order valence-electron chi connectivity index (χ0n) is 17.6. The number of carbonyl (C=O) groups excluding carboxylic acids is 1. The van der Waals surface area contributed by atoms with E-state index in [9.17, 15) is 4.79 Å². The van der Waals surface area contributed by atoms with Gasteiger partial charge in [-0.2, -0.15) is 0 Å². The van der Waals surface area contributed by atoms with E-state index in [2.05, 4.69) is 36.2 Å². The maximum atomic E-state index is 13.2. The quantitative estimate of drug-likeness (QED) is 0.371. The van der Waals surface area contributed by atoms with Crippen molar-refractivity contribution in [2.45, 2.75) is 13.0 Å². The molecule has 0 fully saturated rings. The Labute approximate surface area is 187 Å². The highest BCUT2D eigenvalue weighted by molar-refractivity contribution is 7.12. The second-order valence-electron chi connectivity index (χ2n) is 7.47. The highest BCUT2D eigenvalue weighted by atomic mass is 32.1. The molecule has 4 rings (SSSR count). The summed E-state index contributed by atoms with van der Waals surface area (Å²) >= 11 is 1.46. The monoisotopic (exact) mass is 430 g/mol. The number of rotatable bonds is 9. The van der Waals surface area contributed by atoms with Crippen molar-refractivity contribution in [2.24, 2.45) is 0 Å². The van der Waals surface area contributed by atoms with Crippen LogP contribution >= 0.6 is 11.3 Å². The lowest BCUT2D eigenvalue weighted by Crippen LogP contribution is -2.33. The molecule has 6 heteroatoms. The Morgan fingerprint density at radius 3 is 2.39 bits per heavy atom. The summed E-state index contributed by atoms with van der Waals surface area (Å²) in [5.41, 5.74) is 2.26. The highest BCUT2D eigenvalue weighted by Crippen LogP contribution is 2.20. The number of amides is 1. The van der Waals surface area contributed by atoms with Crippen LogP contribution in [0.1, 0.15) is 21.7 Å². The van der Waals surface area contributed by atoms with Gasteiger partial charge in [0.15, 0.2) is 5.82 Å². The molecule has 5 nitrogen and oxygen atoms in total. The Morgan fingerprint density at radius 1 is 0.935 bits per heavy atom. The first-order valence-electron chi connectivity index (χ1n) is 10.4. The zero-order valence-corrected chi connectivity index (χ0v) is 18.4. The van der Waals surface area contributed by atoms with Crippen molar-refractivity contribution in [3.63, 3.8) is 0 Å². The number of thiophene rings is 1. The minimum atomic E-state index is -0.000904. The number of hydrogen-bond donors (Lipinski definition) is 0. The minimum absolute atomic E-state index is 0.000904. The van der Waals surface area contributed by atoms with Gasteiger partial charge in [0.1, 0.15) is 0 Å². The lowest BCUT2D eigenvalue weighted by atomic mass is 10.2. The maximum Gasteiger partial charge on any atom is 0.269 e. The third-order valence-electron chi connectivity index (χ3n) is 5.07. The molecule has 2 heterocycles. The number of para-hydroxylation sites is 1. The fraction of sp³-hybridized carbons (Fsp3) is 0.200. The molecule has 31 heavy (non-hydrogen) atoms. The Kier molecular flexibility index (Phi) is 6.92. The van der Waals surface area contributed by atoms with Gasteiger partial charge < -0.3 is 4.90 Å². The van der Waals surface area contributed by atoms with Gasteiger partial charge in [-0.3, -0.25) is 9.69 Å². The van der Waals surface area contributed by atoms with E-state index in [0.717, 1.165) is 30.1 Å². The summed E-state index contributed by atoms with van der Waals surface area (Å²) < 4.78 is 1.81. The topological polar surface area (TPSA) is 41.4 Å². The van der Waals surface area contributed by atoms with E-state index in [4.69, 9.17) is 5.10 Å². The first kappa shape index (κ1) is 21.0. The molecule has 0 radical (unpaired) electrons. The Hall–Kier alpha value is -3.22.